The zero-order valence-corrected chi connectivity index (χ0v) is 19.8. The Kier molecular flexibility index (Phi) is 5.92. The molecule has 0 N–H and O–H groups in total. The standard InChI is InChI=1S/C27H29N5O2/c1-19(2)32-26-24(18-28-32)23(17-25(29-26)20-8-5-4-6-9-20)27(33)31-14-12-30(13-15-31)21-10-7-11-22(16-21)34-3/h4-11,16-19H,12-15H2,1-3H3. The van der Waals surface area contributed by atoms with E-state index < -0.39 is 0 Å². The maximum absolute atomic E-state index is 13.7. The fourth-order valence-corrected chi connectivity index (χ4v) is 4.47. The second-order valence-corrected chi connectivity index (χ2v) is 8.82. The first-order chi connectivity index (χ1) is 16.5. The molecular weight excluding hydrogens is 426 g/mol. The molecule has 3 heterocycles. The highest BCUT2D eigenvalue weighted by Crippen LogP contribution is 2.28. The van der Waals surface area contributed by atoms with Crippen LogP contribution in [0.2, 0.25) is 0 Å². The number of fused-ring (bicyclic) bond motifs is 1. The molecule has 0 saturated carbocycles. The lowest BCUT2D eigenvalue weighted by Crippen LogP contribution is -2.48. The Morgan fingerprint density at radius 3 is 2.44 bits per heavy atom. The van der Waals surface area contributed by atoms with Crippen LogP contribution in [-0.4, -0.2) is 58.9 Å². The summed E-state index contributed by atoms with van der Waals surface area (Å²) in [5.41, 5.74) is 4.29. The molecule has 1 aliphatic rings. The summed E-state index contributed by atoms with van der Waals surface area (Å²) < 4.78 is 7.25. The number of piperazine rings is 1. The Hall–Kier alpha value is -3.87. The maximum Gasteiger partial charge on any atom is 0.254 e. The molecule has 1 aliphatic heterocycles. The zero-order chi connectivity index (χ0) is 23.7. The van der Waals surface area contributed by atoms with Gasteiger partial charge in [-0.1, -0.05) is 36.4 Å². The number of aromatic nitrogens is 3. The zero-order valence-electron chi connectivity index (χ0n) is 19.8. The number of amides is 1. The van der Waals surface area contributed by atoms with Crippen molar-refractivity contribution in [2.75, 3.05) is 38.2 Å². The lowest BCUT2D eigenvalue weighted by molar-refractivity contribution is 0.0748. The van der Waals surface area contributed by atoms with E-state index in [1.54, 1.807) is 13.3 Å². The van der Waals surface area contributed by atoms with E-state index in [1.165, 1.54) is 0 Å². The molecule has 174 valence electrons. The molecular formula is C27H29N5O2. The SMILES string of the molecule is COc1cccc(N2CCN(C(=O)c3cc(-c4ccccc4)nc4c3cnn4C(C)C)CC2)c1. The number of pyridine rings is 1. The lowest BCUT2D eigenvalue weighted by atomic mass is 10.1. The second-order valence-electron chi connectivity index (χ2n) is 8.82. The Morgan fingerprint density at radius 2 is 1.74 bits per heavy atom. The van der Waals surface area contributed by atoms with Crippen molar-refractivity contribution in [3.8, 4) is 17.0 Å². The summed E-state index contributed by atoms with van der Waals surface area (Å²) >= 11 is 0. The predicted octanol–water partition coefficient (Wildman–Crippen LogP) is 4.65. The van der Waals surface area contributed by atoms with Crippen LogP contribution in [0.25, 0.3) is 22.3 Å². The molecule has 2 aromatic heterocycles. The van der Waals surface area contributed by atoms with Gasteiger partial charge in [-0.25, -0.2) is 9.67 Å². The minimum atomic E-state index is 0.0261. The van der Waals surface area contributed by atoms with Crippen LogP contribution in [0.3, 0.4) is 0 Å². The lowest BCUT2D eigenvalue weighted by Gasteiger charge is -2.36. The minimum absolute atomic E-state index is 0.0261. The highest BCUT2D eigenvalue weighted by atomic mass is 16.5. The molecule has 34 heavy (non-hydrogen) atoms. The van der Waals surface area contributed by atoms with Gasteiger partial charge < -0.3 is 14.5 Å². The third kappa shape index (κ3) is 4.09. The molecule has 0 radical (unpaired) electrons. The number of rotatable bonds is 5. The number of carbonyl (C=O) groups is 1. The van der Waals surface area contributed by atoms with Crippen LogP contribution in [-0.2, 0) is 0 Å². The second kappa shape index (κ2) is 9.17. The van der Waals surface area contributed by atoms with Crippen LogP contribution in [0, 0.1) is 0 Å². The van der Waals surface area contributed by atoms with Crippen LogP contribution >= 0.6 is 0 Å². The van der Waals surface area contributed by atoms with Gasteiger partial charge in [-0.2, -0.15) is 5.10 Å². The average Bonchev–Trinajstić information content (AvgIpc) is 3.33. The van der Waals surface area contributed by atoms with E-state index in [2.05, 4.69) is 29.9 Å². The largest absolute Gasteiger partial charge is 0.497 e. The van der Waals surface area contributed by atoms with Gasteiger partial charge in [-0.15, -0.1) is 0 Å². The fraction of sp³-hybridized carbons (Fsp3) is 0.296. The van der Waals surface area contributed by atoms with Gasteiger partial charge in [-0.05, 0) is 32.0 Å². The first kappa shape index (κ1) is 21.9. The van der Waals surface area contributed by atoms with Gasteiger partial charge in [0, 0.05) is 49.5 Å². The van der Waals surface area contributed by atoms with Crippen molar-refractivity contribution < 1.29 is 9.53 Å². The van der Waals surface area contributed by atoms with Crippen LogP contribution in [0.15, 0.2) is 66.9 Å². The van der Waals surface area contributed by atoms with Gasteiger partial charge in [0.25, 0.3) is 5.91 Å². The minimum Gasteiger partial charge on any atom is -0.497 e. The number of hydrogen-bond acceptors (Lipinski definition) is 5. The van der Waals surface area contributed by atoms with Crippen LogP contribution in [0.1, 0.15) is 30.2 Å². The highest BCUT2D eigenvalue weighted by molar-refractivity contribution is 6.06. The van der Waals surface area contributed by atoms with Crippen LogP contribution in [0.5, 0.6) is 5.75 Å². The summed E-state index contributed by atoms with van der Waals surface area (Å²) in [5, 5.41) is 5.35. The number of hydrogen-bond donors (Lipinski definition) is 0. The molecule has 0 aliphatic carbocycles. The Balaban J connectivity index is 1.45. The molecule has 2 aromatic carbocycles. The molecule has 5 rings (SSSR count). The highest BCUT2D eigenvalue weighted by Gasteiger charge is 2.26. The summed E-state index contributed by atoms with van der Waals surface area (Å²) in [6, 6.07) is 20.1. The van der Waals surface area contributed by atoms with E-state index in [0.717, 1.165) is 46.8 Å². The van der Waals surface area contributed by atoms with Gasteiger partial charge in [0.15, 0.2) is 5.65 Å². The molecule has 1 fully saturated rings. The third-order valence-corrected chi connectivity index (χ3v) is 6.34. The first-order valence-corrected chi connectivity index (χ1v) is 11.7. The Labute approximate surface area is 199 Å². The molecule has 0 bridgehead atoms. The molecule has 0 atom stereocenters. The number of ether oxygens (including phenoxy) is 1. The first-order valence-electron chi connectivity index (χ1n) is 11.7. The fourth-order valence-electron chi connectivity index (χ4n) is 4.47. The van der Waals surface area contributed by atoms with Crippen molar-refractivity contribution in [1.82, 2.24) is 19.7 Å². The number of nitrogens with zero attached hydrogens (tertiary/aromatic N) is 5. The Morgan fingerprint density at radius 1 is 0.971 bits per heavy atom. The summed E-state index contributed by atoms with van der Waals surface area (Å²) in [6.45, 7) is 6.98. The average molecular weight is 456 g/mol. The van der Waals surface area contributed by atoms with E-state index in [4.69, 9.17) is 9.72 Å². The molecule has 4 aromatic rings. The number of benzene rings is 2. The van der Waals surface area contributed by atoms with E-state index in [1.807, 2.05) is 64.2 Å². The molecule has 7 nitrogen and oxygen atoms in total. The normalized spacial score (nSPS) is 14.1. The predicted molar refractivity (Wildman–Crippen MR) is 134 cm³/mol. The number of methoxy groups -OCH3 is 1. The summed E-state index contributed by atoms with van der Waals surface area (Å²) in [7, 11) is 1.68. The van der Waals surface area contributed by atoms with E-state index in [-0.39, 0.29) is 11.9 Å². The molecule has 1 amide bonds. The van der Waals surface area contributed by atoms with Gasteiger partial charge in [-0.3, -0.25) is 4.79 Å². The number of anilines is 1. The Bertz CT molecular complexity index is 1310. The van der Waals surface area contributed by atoms with Crippen molar-refractivity contribution >= 4 is 22.6 Å². The van der Waals surface area contributed by atoms with Crippen molar-refractivity contribution in [3.63, 3.8) is 0 Å². The third-order valence-electron chi connectivity index (χ3n) is 6.34. The molecule has 0 spiro atoms. The van der Waals surface area contributed by atoms with Crippen LogP contribution < -0.4 is 9.64 Å². The summed E-state index contributed by atoms with van der Waals surface area (Å²) in [5.74, 6) is 0.865. The topological polar surface area (TPSA) is 63.5 Å². The summed E-state index contributed by atoms with van der Waals surface area (Å²) in [6.07, 6.45) is 1.77. The quantitative estimate of drug-likeness (QED) is 0.438. The van der Waals surface area contributed by atoms with Crippen LogP contribution in [0.4, 0.5) is 5.69 Å². The maximum atomic E-state index is 13.7. The smallest absolute Gasteiger partial charge is 0.254 e. The van der Waals surface area contributed by atoms with Crippen molar-refractivity contribution in [1.29, 1.82) is 0 Å². The van der Waals surface area contributed by atoms with E-state index >= 15 is 0 Å². The molecule has 0 unspecified atom stereocenters. The monoisotopic (exact) mass is 455 g/mol. The van der Waals surface area contributed by atoms with Crippen molar-refractivity contribution in [2.24, 2.45) is 0 Å². The van der Waals surface area contributed by atoms with Gasteiger partial charge in [0.05, 0.1) is 30.0 Å². The number of carbonyl (C=O) groups excluding carboxylic acids is 1. The van der Waals surface area contributed by atoms with Gasteiger partial charge in [0.2, 0.25) is 0 Å². The van der Waals surface area contributed by atoms with Gasteiger partial charge in [0.1, 0.15) is 5.75 Å². The summed E-state index contributed by atoms with van der Waals surface area (Å²) in [4.78, 5) is 22.9. The van der Waals surface area contributed by atoms with Gasteiger partial charge >= 0.3 is 0 Å². The van der Waals surface area contributed by atoms with Crippen molar-refractivity contribution in [3.05, 3.63) is 72.4 Å². The molecule has 1 saturated heterocycles. The van der Waals surface area contributed by atoms with E-state index in [9.17, 15) is 4.79 Å². The van der Waals surface area contributed by atoms with Crippen molar-refractivity contribution in [2.45, 2.75) is 19.9 Å². The molecule has 7 heteroatoms. The van der Waals surface area contributed by atoms with E-state index in [0.29, 0.717) is 18.7 Å².